The minimum atomic E-state index is -0.773. The van der Waals surface area contributed by atoms with Crippen LogP contribution >= 0.6 is 0 Å². The predicted molar refractivity (Wildman–Crippen MR) is 69.9 cm³/mol. The van der Waals surface area contributed by atoms with E-state index in [1.807, 2.05) is 26.0 Å². The van der Waals surface area contributed by atoms with Crippen LogP contribution in [-0.2, 0) is 12.1 Å². The van der Waals surface area contributed by atoms with Crippen molar-refractivity contribution < 1.29 is 5.11 Å². The van der Waals surface area contributed by atoms with Crippen molar-refractivity contribution >= 4 is 10.9 Å². The van der Waals surface area contributed by atoms with Crippen LogP contribution in [0.25, 0.3) is 10.9 Å². The molecule has 0 unspecified atom stereocenters. The summed E-state index contributed by atoms with van der Waals surface area (Å²) < 4.78 is 2.32. The molecule has 3 rings (SSSR count). The van der Waals surface area contributed by atoms with Crippen LogP contribution in [-0.4, -0.2) is 9.67 Å². The quantitative estimate of drug-likeness (QED) is 0.858. The Hall–Kier alpha value is -1.28. The van der Waals surface area contributed by atoms with Crippen molar-refractivity contribution in [3.05, 3.63) is 36.0 Å². The van der Waals surface area contributed by atoms with Crippen molar-refractivity contribution in [2.75, 3.05) is 0 Å². The highest BCUT2D eigenvalue weighted by molar-refractivity contribution is 5.84. The second kappa shape index (κ2) is 3.61. The first-order valence-electron chi connectivity index (χ1n) is 6.36. The molecular formula is C15H19NO. The average Bonchev–Trinajstić information content (AvgIpc) is 2.97. The van der Waals surface area contributed by atoms with Crippen molar-refractivity contribution in [3.8, 4) is 0 Å². The van der Waals surface area contributed by atoms with E-state index in [1.54, 1.807) is 0 Å². The van der Waals surface area contributed by atoms with E-state index >= 15 is 0 Å². The first-order chi connectivity index (χ1) is 8.05. The average molecular weight is 229 g/mol. The number of nitrogens with zero attached hydrogens (tertiary/aromatic N) is 1. The van der Waals surface area contributed by atoms with E-state index in [-0.39, 0.29) is 0 Å². The van der Waals surface area contributed by atoms with Crippen LogP contribution in [0.4, 0.5) is 0 Å². The summed E-state index contributed by atoms with van der Waals surface area (Å²) in [5, 5.41) is 11.4. The van der Waals surface area contributed by atoms with Gasteiger partial charge in [0.15, 0.2) is 0 Å². The van der Waals surface area contributed by atoms with Crippen LogP contribution in [0.1, 0.15) is 32.3 Å². The second-order valence-electron chi connectivity index (χ2n) is 5.71. The number of rotatable bonds is 3. The van der Waals surface area contributed by atoms with Gasteiger partial charge in [-0.05, 0) is 50.3 Å². The molecule has 90 valence electrons. The first-order valence-corrected chi connectivity index (χ1v) is 6.36. The molecule has 0 atom stereocenters. The molecule has 1 heterocycles. The van der Waals surface area contributed by atoms with Gasteiger partial charge in [-0.25, -0.2) is 0 Å². The number of aliphatic hydroxyl groups is 1. The Labute approximate surface area is 102 Å². The van der Waals surface area contributed by atoms with Crippen molar-refractivity contribution in [1.29, 1.82) is 0 Å². The van der Waals surface area contributed by atoms with Gasteiger partial charge in [0, 0.05) is 23.6 Å². The molecule has 1 fully saturated rings. The lowest BCUT2D eigenvalue weighted by molar-refractivity contribution is 0.0802. The Morgan fingerprint density at radius 3 is 2.71 bits per heavy atom. The first kappa shape index (κ1) is 10.8. The molecule has 0 spiro atoms. The summed E-state index contributed by atoms with van der Waals surface area (Å²) >= 11 is 0. The molecule has 2 aromatic rings. The minimum absolute atomic E-state index is 0.773. The van der Waals surface area contributed by atoms with E-state index in [0.717, 1.165) is 18.0 Å². The summed E-state index contributed by atoms with van der Waals surface area (Å²) in [4.78, 5) is 0. The molecular weight excluding hydrogens is 210 g/mol. The van der Waals surface area contributed by atoms with Crippen molar-refractivity contribution in [1.82, 2.24) is 4.57 Å². The molecule has 0 bridgehead atoms. The maximum atomic E-state index is 10.2. The molecule has 1 aliphatic carbocycles. The van der Waals surface area contributed by atoms with E-state index in [9.17, 15) is 5.11 Å². The van der Waals surface area contributed by atoms with Gasteiger partial charge >= 0.3 is 0 Å². The molecule has 0 radical (unpaired) electrons. The summed E-state index contributed by atoms with van der Waals surface area (Å²) in [7, 11) is 0. The maximum Gasteiger partial charge on any atom is 0.0847 e. The lowest BCUT2D eigenvalue weighted by atomic mass is 9.95. The highest BCUT2D eigenvalue weighted by atomic mass is 16.3. The van der Waals surface area contributed by atoms with E-state index in [2.05, 4.69) is 22.9 Å². The number of hydrogen-bond donors (Lipinski definition) is 1. The summed E-state index contributed by atoms with van der Waals surface area (Å²) in [6, 6.07) is 8.33. The fraction of sp³-hybridized carbons (Fsp3) is 0.467. The van der Waals surface area contributed by atoms with Crippen LogP contribution in [0.5, 0.6) is 0 Å². The third kappa shape index (κ3) is 1.98. The molecule has 1 aromatic carbocycles. The molecule has 1 aliphatic rings. The van der Waals surface area contributed by atoms with Gasteiger partial charge in [0.05, 0.1) is 5.60 Å². The Balaban J connectivity index is 2.10. The standard InChI is InChI=1S/C15H19NO/c1-15(2,17)13-4-3-5-14-12(13)8-9-16(14)10-11-6-7-11/h3-5,8-9,11,17H,6-7,10H2,1-2H3. The molecule has 1 N–H and O–H groups in total. The molecule has 0 amide bonds. The van der Waals surface area contributed by atoms with Gasteiger partial charge in [0.25, 0.3) is 0 Å². The second-order valence-corrected chi connectivity index (χ2v) is 5.71. The predicted octanol–water partition coefficient (Wildman–Crippen LogP) is 3.28. The van der Waals surface area contributed by atoms with Crippen LogP contribution in [0.3, 0.4) is 0 Å². The van der Waals surface area contributed by atoms with Gasteiger partial charge in [0.2, 0.25) is 0 Å². The van der Waals surface area contributed by atoms with Gasteiger partial charge in [-0.1, -0.05) is 12.1 Å². The third-order valence-electron chi connectivity index (χ3n) is 3.62. The van der Waals surface area contributed by atoms with Crippen molar-refractivity contribution in [2.24, 2.45) is 5.92 Å². The smallest absolute Gasteiger partial charge is 0.0847 e. The summed E-state index contributed by atoms with van der Waals surface area (Å²) in [6.07, 6.45) is 4.88. The summed E-state index contributed by atoms with van der Waals surface area (Å²) in [5.41, 5.74) is 1.49. The Morgan fingerprint density at radius 2 is 2.06 bits per heavy atom. The molecule has 2 heteroatoms. The molecule has 17 heavy (non-hydrogen) atoms. The zero-order valence-electron chi connectivity index (χ0n) is 10.5. The van der Waals surface area contributed by atoms with Crippen LogP contribution in [0, 0.1) is 5.92 Å². The van der Waals surface area contributed by atoms with Gasteiger partial charge in [-0.15, -0.1) is 0 Å². The molecule has 0 aliphatic heterocycles. The number of benzene rings is 1. The third-order valence-corrected chi connectivity index (χ3v) is 3.62. The SMILES string of the molecule is CC(C)(O)c1cccc2c1ccn2CC1CC1. The van der Waals surface area contributed by atoms with Crippen molar-refractivity contribution in [2.45, 2.75) is 38.8 Å². The lowest BCUT2D eigenvalue weighted by Gasteiger charge is -2.19. The van der Waals surface area contributed by atoms with E-state index in [4.69, 9.17) is 0 Å². The Kier molecular flexibility index (Phi) is 2.30. The highest BCUT2D eigenvalue weighted by Crippen LogP contribution is 2.34. The van der Waals surface area contributed by atoms with Gasteiger partial charge in [-0.2, -0.15) is 0 Å². The lowest BCUT2D eigenvalue weighted by Crippen LogP contribution is -2.15. The minimum Gasteiger partial charge on any atom is -0.386 e. The topological polar surface area (TPSA) is 25.2 Å². The maximum absolute atomic E-state index is 10.2. The zero-order chi connectivity index (χ0) is 12.0. The molecule has 1 saturated carbocycles. The Morgan fingerprint density at radius 1 is 1.29 bits per heavy atom. The largest absolute Gasteiger partial charge is 0.386 e. The van der Waals surface area contributed by atoms with Gasteiger partial charge < -0.3 is 9.67 Å². The molecule has 0 saturated heterocycles. The number of aromatic nitrogens is 1. The van der Waals surface area contributed by atoms with Gasteiger partial charge in [0.1, 0.15) is 0 Å². The summed E-state index contributed by atoms with van der Waals surface area (Å²) in [6.45, 7) is 4.82. The summed E-state index contributed by atoms with van der Waals surface area (Å²) in [5.74, 6) is 0.872. The van der Waals surface area contributed by atoms with E-state index in [1.165, 1.54) is 23.7 Å². The highest BCUT2D eigenvalue weighted by Gasteiger charge is 2.23. The zero-order valence-corrected chi connectivity index (χ0v) is 10.5. The number of fused-ring (bicyclic) bond motifs is 1. The fourth-order valence-corrected chi connectivity index (χ4v) is 2.49. The fourth-order valence-electron chi connectivity index (χ4n) is 2.49. The number of hydrogen-bond acceptors (Lipinski definition) is 1. The van der Waals surface area contributed by atoms with E-state index in [0.29, 0.717) is 0 Å². The van der Waals surface area contributed by atoms with Crippen LogP contribution in [0.15, 0.2) is 30.5 Å². The monoisotopic (exact) mass is 229 g/mol. The van der Waals surface area contributed by atoms with Crippen LogP contribution in [0.2, 0.25) is 0 Å². The molecule has 1 aromatic heterocycles. The van der Waals surface area contributed by atoms with Crippen LogP contribution < -0.4 is 0 Å². The molecule has 2 nitrogen and oxygen atoms in total. The van der Waals surface area contributed by atoms with Crippen molar-refractivity contribution in [3.63, 3.8) is 0 Å². The normalized spacial score (nSPS) is 16.6. The Bertz CT molecular complexity index is 544. The van der Waals surface area contributed by atoms with E-state index < -0.39 is 5.60 Å². The van der Waals surface area contributed by atoms with Gasteiger partial charge in [-0.3, -0.25) is 0 Å².